The number of aryl methyl sites for hydroxylation is 1. The van der Waals surface area contributed by atoms with Gasteiger partial charge in [0.05, 0.1) is 12.3 Å². The van der Waals surface area contributed by atoms with E-state index in [-0.39, 0.29) is 5.91 Å². The lowest BCUT2D eigenvalue weighted by Gasteiger charge is -2.19. The van der Waals surface area contributed by atoms with Crippen LogP contribution < -0.4 is 4.74 Å². The molecule has 0 atom stereocenters. The first-order valence-corrected chi connectivity index (χ1v) is 7.59. The molecule has 0 aliphatic heterocycles. The molecule has 0 aliphatic rings. The fraction of sp³-hybridized carbons (Fsp3) is 0.500. The third-order valence-corrected chi connectivity index (χ3v) is 3.57. The van der Waals surface area contributed by atoms with Crippen LogP contribution in [0.5, 0.6) is 5.75 Å². The van der Waals surface area contributed by atoms with Crippen molar-refractivity contribution in [1.29, 1.82) is 0 Å². The van der Waals surface area contributed by atoms with Crippen LogP contribution in [-0.4, -0.2) is 39.9 Å². The third kappa shape index (κ3) is 2.73. The Morgan fingerprint density at radius 3 is 2.57 bits per heavy atom. The van der Waals surface area contributed by atoms with E-state index in [9.17, 15) is 4.79 Å². The Balaban J connectivity index is 2.61. The van der Waals surface area contributed by atoms with Crippen LogP contribution in [-0.2, 0) is 6.42 Å². The van der Waals surface area contributed by atoms with E-state index < -0.39 is 0 Å². The second-order valence-electron chi connectivity index (χ2n) is 4.74. The van der Waals surface area contributed by atoms with Crippen LogP contribution in [0.4, 0.5) is 0 Å². The molecular weight excluding hydrogens is 266 g/mol. The number of rotatable bonds is 6. The quantitative estimate of drug-likeness (QED) is 0.821. The van der Waals surface area contributed by atoms with Crippen molar-refractivity contribution in [2.45, 2.75) is 34.1 Å². The second kappa shape index (κ2) is 6.61. The number of pyridine rings is 1. The summed E-state index contributed by atoms with van der Waals surface area (Å²) in [6, 6.07) is 3.77. The van der Waals surface area contributed by atoms with E-state index in [0.29, 0.717) is 36.8 Å². The lowest BCUT2D eigenvalue weighted by molar-refractivity contribution is 0.0765. The maximum atomic E-state index is 12.8. The average molecular weight is 289 g/mol. The lowest BCUT2D eigenvalue weighted by Crippen LogP contribution is -2.32. The molecular formula is C16H23N3O2. The highest BCUT2D eigenvalue weighted by atomic mass is 16.5. The van der Waals surface area contributed by atoms with Gasteiger partial charge in [0.2, 0.25) is 0 Å². The van der Waals surface area contributed by atoms with E-state index in [2.05, 4.69) is 4.98 Å². The molecule has 21 heavy (non-hydrogen) atoms. The van der Waals surface area contributed by atoms with Gasteiger partial charge in [-0.2, -0.15) is 0 Å². The molecule has 0 bridgehead atoms. The zero-order chi connectivity index (χ0) is 15.4. The number of amides is 1. The van der Waals surface area contributed by atoms with Crippen LogP contribution in [0.15, 0.2) is 18.3 Å². The van der Waals surface area contributed by atoms with Crippen molar-refractivity contribution >= 4 is 11.6 Å². The van der Waals surface area contributed by atoms with E-state index in [1.165, 1.54) is 0 Å². The zero-order valence-corrected chi connectivity index (χ0v) is 13.2. The number of ether oxygens (including phenoxy) is 1. The predicted molar refractivity (Wildman–Crippen MR) is 83.0 cm³/mol. The van der Waals surface area contributed by atoms with Gasteiger partial charge in [0.1, 0.15) is 5.69 Å². The summed E-state index contributed by atoms with van der Waals surface area (Å²) in [7, 11) is 0. The molecule has 0 fully saturated rings. The van der Waals surface area contributed by atoms with Crippen LogP contribution in [0.1, 0.15) is 43.9 Å². The molecule has 0 saturated heterocycles. The molecule has 0 aromatic carbocycles. The minimum Gasteiger partial charge on any atom is -0.490 e. The SMILES string of the molecule is CCOc1cccn2c(C(=O)N(CC)CC)c(CC)nc12. The summed E-state index contributed by atoms with van der Waals surface area (Å²) in [6.45, 7) is 9.89. The molecule has 1 amide bonds. The van der Waals surface area contributed by atoms with Gasteiger partial charge in [-0.3, -0.25) is 9.20 Å². The van der Waals surface area contributed by atoms with E-state index in [1.807, 2.05) is 55.3 Å². The highest BCUT2D eigenvalue weighted by Crippen LogP contribution is 2.23. The van der Waals surface area contributed by atoms with Crippen LogP contribution in [0.3, 0.4) is 0 Å². The molecule has 114 valence electrons. The van der Waals surface area contributed by atoms with E-state index in [0.717, 1.165) is 12.1 Å². The predicted octanol–water partition coefficient (Wildman–Crippen LogP) is 2.78. The molecule has 0 aliphatic carbocycles. The maximum absolute atomic E-state index is 12.8. The normalized spacial score (nSPS) is 10.9. The molecule has 5 nitrogen and oxygen atoms in total. The number of carbonyl (C=O) groups excluding carboxylic acids is 1. The Labute approximate surface area is 125 Å². The maximum Gasteiger partial charge on any atom is 0.272 e. The summed E-state index contributed by atoms with van der Waals surface area (Å²) in [5, 5.41) is 0. The Morgan fingerprint density at radius 2 is 2.00 bits per heavy atom. The summed E-state index contributed by atoms with van der Waals surface area (Å²) in [5.74, 6) is 0.742. The van der Waals surface area contributed by atoms with Crippen molar-refractivity contribution in [2.75, 3.05) is 19.7 Å². The second-order valence-corrected chi connectivity index (χ2v) is 4.74. The number of carbonyl (C=O) groups is 1. The Morgan fingerprint density at radius 1 is 1.29 bits per heavy atom. The minimum absolute atomic E-state index is 0.0259. The zero-order valence-electron chi connectivity index (χ0n) is 13.2. The van der Waals surface area contributed by atoms with Gasteiger partial charge in [0, 0.05) is 19.3 Å². The molecule has 0 radical (unpaired) electrons. The molecule has 2 aromatic heterocycles. The average Bonchev–Trinajstić information content (AvgIpc) is 2.88. The number of hydrogen-bond donors (Lipinski definition) is 0. The Bertz CT molecular complexity index is 630. The standard InChI is InChI=1S/C16H23N3O2/c1-5-12-14(16(20)18(6-2)7-3)19-11-9-10-13(21-8-4)15(19)17-12/h9-11H,5-8H2,1-4H3. The van der Waals surface area contributed by atoms with Gasteiger partial charge >= 0.3 is 0 Å². The topological polar surface area (TPSA) is 46.8 Å². The molecule has 2 aromatic rings. The molecule has 0 unspecified atom stereocenters. The van der Waals surface area contributed by atoms with Crippen molar-refractivity contribution in [3.63, 3.8) is 0 Å². The summed E-state index contributed by atoms with van der Waals surface area (Å²) in [6.07, 6.45) is 2.59. The number of aromatic nitrogens is 2. The third-order valence-electron chi connectivity index (χ3n) is 3.57. The highest BCUT2D eigenvalue weighted by molar-refractivity contribution is 5.95. The van der Waals surface area contributed by atoms with E-state index in [1.54, 1.807) is 0 Å². The van der Waals surface area contributed by atoms with Gasteiger partial charge < -0.3 is 9.64 Å². The summed E-state index contributed by atoms with van der Waals surface area (Å²) < 4.78 is 7.47. The first-order chi connectivity index (χ1) is 10.2. The molecule has 5 heteroatoms. The van der Waals surface area contributed by atoms with Crippen LogP contribution in [0.2, 0.25) is 0 Å². The van der Waals surface area contributed by atoms with Gasteiger partial charge in [0.15, 0.2) is 11.4 Å². The highest BCUT2D eigenvalue weighted by Gasteiger charge is 2.23. The van der Waals surface area contributed by atoms with Gasteiger partial charge in [-0.1, -0.05) is 6.92 Å². The van der Waals surface area contributed by atoms with Crippen molar-refractivity contribution in [3.05, 3.63) is 29.7 Å². The summed E-state index contributed by atoms with van der Waals surface area (Å²) in [4.78, 5) is 19.2. The first kappa shape index (κ1) is 15.4. The molecule has 0 spiro atoms. The number of fused-ring (bicyclic) bond motifs is 1. The van der Waals surface area contributed by atoms with E-state index >= 15 is 0 Å². The number of imidazole rings is 1. The number of nitrogens with zero attached hydrogens (tertiary/aromatic N) is 3. The monoisotopic (exact) mass is 289 g/mol. The van der Waals surface area contributed by atoms with Crippen molar-refractivity contribution in [2.24, 2.45) is 0 Å². The van der Waals surface area contributed by atoms with Crippen molar-refractivity contribution in [1.82, 2.24) is 14.3 Å². The van der Waals surface area contributed by atoms with Gasteiger partial charge in [-0.05, 0) is 39.3 Å². The summed E-state index contributed by atoms with van der Waals surface area (Å²) >= 11 is 0. The molecule has 0 N–H and O–H groups in total. The van der Waals surface area contributed by atoms with E-state index in [4.69, 9.17) is 4.74 Å². The molecule has 2 rings (SSSR count). The van der Waals surface area contributed by atoms with Crippen molar-refractivity contribution in [3.8, 4) is 5.75 Å². The van der Waals surface area contributed by atoms with Crippen LogP contribution in [0.25, 0.3) is 5.65 Å². The lowest BCUT2D eigenvalue weighted by atomic mass is 10.2. The first-order valence-electron chi connectivity index (χ1n) is 7.59. The molecule has 0 saturated carbocycles. The number of hydrogen-bond acceptors (Lipinski definition) is 3. The Hall–Kier alpha value is -2.04. The van der Waals surface area contributed by atoms with Gasteiger partial charge in [-0.25, -0.2) is 4.98 Å². The minimum atomic E-state index is 0.0259. The van der Waals surface area contributed by atoms with Crippen LogP contribution >= 0.6 is 0 Å². The smallest absolute Gasteiger partial charge is 0.272 e. The molecule has 2 heterocycles. The van der Waals surface area contributed by atoms with Gasteiger partial charge in [-0.15, -0.1) is 0 Å². The van der Waals surface area contributed by atoms with Gasteiger partial charge in [0.25, 0.3) is 5.91 Å². The fourth-order valence-electron chi connectivity index (χ4n) is 2.49. The largest absolute Gasteiger partial charge is 0.490 e. The summed E-state index contributed by atoms with van der Waals surface area (Å²) in [5.41, 5.74) is 2.18. The van der Waals surface area contributed by atoms with Crippen LogP contribution in [0, 0.1) is 0 Å². The fourth-order valence-corrected chi connectivity index (χ4v) is 2.49. The van der Waals surface area contributed by atoms with Crippen molar-refractivity contribution < 1.29 is 9.53 Å². The Kier molecular flexibility index (Phi) is 4.83.